The predicted octanol–water partition coefficient (Wildman–Crippen LogP) is 4.06. The highest BCUT2D eigenvalue weighted by atomic mass is 79.9. The van der Waals surface area contributed by atoms with Crippen LogP contribution < -0.4 is 5.73 Å². The van der Waals surface area contributed by atoms with E-state index >= 15 is 0 Å². The monoisotopic (exact) mass is 355 g/mol. The average Bonchev–Trinajstić information content (AvgIpc) is 2.85. The van der Waals surface area contributed by atoms with Crippen molar-refractivity contribution in [3.63, 3.8) is 0 Å². The molecule has 2 fully saturated rings. The fourth-order valence-electron chi connectivity index (χ4n) is 3.46. The van der Waals surface area contributed by atoms with Crippen LogP contribution in [0.5, 0.6) is 0 Å². The first kappa shape index (κ1) is 14.9. The fourth-order valence-corrected chi connectivity index (χ4v) is 5.47. The average molecular weight is 356 g/mol. The summed E-state index contributed by atoms with van der Waals surface area (Å²) >= 11 is 5.60. The van der Waals surface area contributed by atoms with Crippen LogP contribution in [-0.2, 0) is 4.74 Å². The number of thioether (sulfide) groups is 1. The number of ether oxygens (including phenoxy) is 1. The summed E-state index contributed by atoms with van der Waals surface area (Å²) in [4.78, 5) is 0. The first-order valence-electron chi connectivity index (χ1n) is 7.32. The van der Waals surface area contributed by atoms with Gasteiger partial charge in [-0.05, 0) is 61.1 Å². The van der Waals surface area contributed by atoms with Gasteiger partial charge in [-0.3, -0.25) is 0 Å². The number of hydrogen-bond donors (Lipinski definition) is 1. The molecule has 0 radical (unpaired) electrons. The fraction of sp³-hybridized carbons (Fsp3) is 0.625. The molecule has 2 N–H and O–H groups in total. The maximum Gasteiger partial charge on any atom is 0.0783 e. The second-order valence-electron chi connectivity index (χ2n) is 6.17. The van der Waals surface area contributed by atoms with Gasteiger partial charge in [0.1, 0.15) is 0 Å². The van der Waals surface area contributed by atoms with Crippen molar-refractivity contribution in [3.05, 3.63) is 33.8 Å². The minimum absolute atomic E-state index is 0.117. The van der Waals surface area contributed by atoms with Crippen molar-refractivity contribution < 1.29 is 4.74 Å². The van der Waals surface area contributed by atoms with Crippen LogP contribution in [0, 0.1) is 12.8 Å². The third-order valence-corrected chi connectivity index (χ3v) is 6.24. The number of benzene rings is 1. The summed E-state index contributed by atoms with van der Waals surface area (Å²) in [5.74, 6) is 2.92. The van der Waals surface area contributed by atoms with E-state index in [4.69, 9.17) is 10.5 Å². The maximum atomic E-state index is 6.58. The van der Waals surface area contributed by atoms with Gasteiger partial charge in [-0.1, -0.05) is 22.0 Å². The Bertz CT molecular complexity index is 467. The Balaban J connectivity index is 1.77. The Morgan fingerprint density at radius 2 is 2.30 bits per heavy atom. The summed E-state index contributed by atoms with van der Waals surface area (Å²) < 4.78 is 7.23. The van der Waals surface area contributed by atoms with E-state index < -0.39 is 0 Å². The van der Waals surface area contributed by atoms with Crippen molar-refractivity contribution in [1.29, 1.82) is 0 Å². The summed E-state index contributed by atoms with van der Waals surface area (Å²) in [6, 6.07) is 6.65. The van der Waals surface area contributed by atoms with Crippen LogP contribution in [0.2, 0.25) is 0 Å². The molecule has 1 aromatic carbocycles. The molecule has 0 saturated carbocycles. The van der Waals surface area contributed by atoms with Crippen LogP contribution >= 0.6 is 27.7 Å². The van der Waals surface area contributed by atoms with E-state index in [1.807, 2.05) is 11.8 Å². The van der Waals surface area contributed by atoms with Gasteiger partial charge < -0.3 is 10.5 Å². The minimum atomic E-state index is 0.117. The van der Waals surface area contributed by atoms with Gasteiger partial charge in [-0.25, -0.2) is 0 Å². The van der Waals surface area contributed by atoms with Crippen LogP contribution in [-0.4, -0.2) is 23.7 Å². The van der Waals surface area contributed by atoms with Gasteiger partial charge in [0.05, 0.1) is 5.60 Å². The van der Waals surface area contributed by atoms with Crippen molar-refractivity contribution >= 4 is 27.7 Å². The first-order valence-corrected chi connectivity index (χ1v) is 9.27. The number of rotatable bonds is 2. The molecule has 3 rings (SSSR count). The van der Waals surface area contributed by atoms with Crippen molar-refractivity contribution in [1.82, 2.24) is 0 Å². The summed E-state index contributed by atoms with van der Waals surface area (Å²) in [5, 5.41) is 0. The zero-order valence-electron chi connectivity index (χ0n) is 11.9. The Morgan fingerprint density at radius 1 is 1.45 bits per heavy atom. The van der Waals surface area contributed by atoms with Gasteiger partial charge in [0.2, 0.25) is 0 Å². The molecule has 0 aromatic heterocycles. The van der Waals surface area contributed by atoms with Gasteiger partial charge in [0.25, 0.3) is 0 Å². The van der Waals surface area contributed by atoms with E-state index in [1.54, 1.807) is 0 Å². The molecule has 0 aliphatic carbocycles. The van der Waals surface area contributed by atoms with E-state index in [1.165, 1.54) is 23.3 Å². The van der Waals surface area contributed by atoms with Crippen LogP contribution in [0.15, 0.2) is 22.7 Å². The van der Waals surface area contributed by atoms with Gasteiger partial charge in [0, 0.05) is 22.9 Å². The van der Waals surface area contributed by atoms with E-state index in [-0.39, 0.29) is 11.6 Å². The lowest BCUT2D eigenvalue weighted by Crippen LogP contribution is -2.42. The molecule has 0 amide bonds. The lowest BCUT2D eigenvalue weighted by Gasteiger charge is -2.40. The van der Waals surface area contributed by atoms with E-state index in [9.17, 15) is 0 Å². The summed E-state index contributed by atoms with van der Waals surface area (Å²) in [6.07, 6.45) is 3.39. The molecular formula is C16H22BrNOS. The smallest absolute Gasteiger partial charge is 0.0783 e. The molecule has 110 valence electrons. The second-order valence-corrected chi connectivity index (χ2v) is 8.20. The molecule has 1 aromatic rings. The normalized spacial score (nSPS) is 31.6. The molecule has 4 heteroatoms. The SMILES string of the molecule is Cc1cc(Br)cc(C(N)C2CCOC3(CCSC3)C2)c1. The zero-order valence-corrected chi connectivity index (χ0v) is 14.3. The van der Waals surface area contributed by atoms with E-state index in [0.717, 1.165) is 29.7 Å². The molecule has 2 heterocycles. The lowest BCUT2D eigenvalue weighted by atomic mass is 9.79. The number of halogens is 1. The van der Waals surface area contributed by atoms with Crippen LogP contribution in [0.3, 0.4) is 0 Å². The highest BCUT2D eigenvalue weighted by Gasteiger charge is 2.42. The first-order chi connectivity index (χ1) is 9.58. The molecule has 20 heavy (non-hydrogen) atoms. The molecule has 3 atom stereocenters. The third-order valence-electron chi connectivity index (χ3n) is 4.56. The molecule has 3 unspecified atom stereocenters. The van der Waals surface area contributed by atoms with Crippen molar-refractivity contribution in [2.24, 2.45) is 11.7 Å². The molecule has 1 spiro atoms. The van der Waals surface area contributed by atoms with Crippen molar-refractivity contribution in [2.75, 3.05) is 18.1 Å². The molecule has 2 aliphatic heterocycles. The largest absolute Gasteiger partial charge is 0.374 e. The minimum Gasteiger partial charge on any atom is -0.374 e. The highest BCUT2D eigenvalue weighted by Crippen LogP contribution is 2.43. The van der Waals surface area contributed by atoms with Crippen LogP contribution in [0.1, 0.15) is 36.4 Å². The summed E-state index contributed by atoms with van der Waals surface area (Å²) in [6.45, 7) is 2.99. The van der Waals surface area contributed by atoms with Gasteiger partial charge >= 0.3 is 0 Å². The number of nitrogens with two attached hydrogens (primary N) is 1. The Hall–Kier alpha value is -0.0300. The summed E-state index contributed by atoms with van der Waals surface area (Å²) in [5.41, 5.74) is 9.21. The topological polar surface area (TPSA) is 35.2 Å². The van der Waals surface area contributed by atoms with Crippen LogP contribution in [0.4, 0.5) is 0 Å². The maximum absolute atomic E-state index is 6.58. The lowest BCUT2D eigenvalue weighted by molar-refractivity contribution is -0.0834. The number of hydrogen-bond acceptors (Lipinski definition) is 3. The Kier molecular flexibility index (Phi) is 4.46. The second kappa shape index (κ2) is 5.99. The van der Waals surface area contributed by atoms with E-state index in [2.05, 4.69) is 41.1 Å². The molecule has 0 bridgehead atoms. The Labute approximate surface area is 134 Å². The molecular weight excluding hydrogens is 334 g/mol. The highest BCUT2D eigenvalue weighted by molar-refractivity contribution is 9.10. The Morgan fingerprint density at radius 3 is 3.00 bits per heavy atom. The van der Waals surface area contributed by atoms with Gasteiger partial charge in [-0.15, -0.1) is 0 Å². The third kappa shape index (κ3) is 3.08. The predicted molar refractivity (Wildman–Crippen MR) is 89.2 cm³/mol. The standard InChI is InChI=1S/C16H22BrNOS/c1-11-6-13(8-14(17)7-11)15(18)12-2-4-19-16(9-12)3-5-20-10-16/h6-8,12,15H,2-5,9-10,18H2,1H3. The van der Waals surface area contributed by atoms with Gasteiger partial charge in [-0.2, -0.15) is 11.8 Å². The van der Waals surface area contributed by atoms with Crippen molar-refractivity contribution in [2.45, 2.75) is 37.8 Å². The van der Waals surface area contributed by atoms with Crippen LogP contribution in [0.25, 0.3) is 0 Å². The zero-order chi connectivity index (χ0) is 14.2. The molecule has 2 nitrogen and oxygen atoms in total. The van der Waals surface area contributed by atoms with E-state index in [0.29, 0.717) is 5.92 Å². The summed E-state index contributed by atoms with van der Waals surface area (Å²) in [7, 11) is 0. The number of aryl methyl sites for hydroxylation is 1. The molecule has 2 saturated heterocycles. The quantitative estimate of drug-likeness (QED) is 0.868. The van der Waals surface area contributed by atoms with Gasteiger partial charge in [0.15, 0.2) is 0 Å². The van der Waals surface area contributed by atoms with Crippen molar-refractivity contribution in [3.8, 4) is 0 Å². The molecule has 2 aliphatic rings.